The van der Waals surface area contributed by atoms with Crippen molar-refractivity contribution in [2.75, 3.05) is 10.8 Å². The molecule has 184 valence electrons. The number of carbonyl (C=O) groups excluding carboxylic acids is 1. The quantitative estimate of drug-likeness (QED) is 0.338. The van der Waals surface area contributed by atoms with E-state index in [1.807, 2.05) is 87.5 Å². The van der Waals surface area contributed by atoms with Crippen molar-refractivity contribution in [2.45, 2.75) is 31.7 Å². The molecule has 36 heavy (non-hydrogen) atoms. The topological polar surface area (TPSA) is 66.5 Å². The lowest BCUT2D eigenvalue weighted by Gasteiger charge is -2.27. The van der Waals surface area contributed by atoms with E-state index < -0.39 is 22.0 Å². The summed E-state index contributed by atoms with van der Waals surface area (Å²) in [7, 11) is -3.99. The Kier molecular flexibility index (Phi) is 7.55. The van der Waals surface area contributed by atoms with E-state index in [9.17, 15) is 13.2 Å². The monoisotopic (exact) mass is 498 g/mol. The smallest absolute Gasteiger partial charge is 0.264 e. The van der Waals surface area contributed by atoms with Gasteiger partial charge in [-0.15, -0.1) is 0 Å². The van der Waals surface area contributed by atoms with Gasteiger partial charge in [-0.05, 0) is 61.2 Å². The number of benzene rings is 4. The molecule has 4 aromatic rings. The molecule has 0 aliphatic heterocycles. The summed E-state index contributed by atoms with van der Waals surface area (Å²) in [5, 5.41) is 3.08. The maximum atomic E-state index is 13.7. The number of aryl methyl sites for hydroxylation is 3. The van der Waals surface area contributed by atoms with Crippen LogP contribution in [-0.2, 0) is 14.8 Å². The van der Waals surface area contributed by atoms with E-state index in [4.69, 9.17) is 0 Å². The van der Waals surface area contributed by atoms with Crippen LogP contribution < -0.4 is 9.62 Å². The Morgan fingerprint density at radius 2 is 1.31 bits per heavy atom. The minimum Gasteiger partial charge on any atom is -0.344 e. The largest absolute Gasteiger partial charge is 0.344 e. The van der Waals surface area contributed by atoms with E-state index in [1.54, 1.807) is 36.4 Å². The highest BCUT2D eigenvalue weighted by Gasteiger charge is 2.29. The molecule has 0 saturated heterocycles. The van der Waals surface area contributed by atoms with E-state index in [2.05, 4.69) is 5.32 Å². The predicted octanol–water partition coefficient (Wildman–Crippen LogP) is 5.71. The van der Waals surface area contributed by atoms with E-state index in [-0.39, 0.29) is 11.4 Å². The summed E-state index contributed by atoms with van der Waals surface area (Å²) in [5.41, 5.74) is 5.12. The summed E-state index contributed by atoms with van der Waals surface area (Å²) in [4.78, 5) is 13.6. The molecule has 0 aliphatic rings. The second-order valence-electron chi connectivity index (χ2n) is 8.94. The molecule has 1 amide bonds. The van der Waals surface area contributed by atoms with Crippen molar-refractivity contribution < 1.29 is 13.2 Å². The second-order valence-corrected chi connectivity index (χ2v) is 10.8. The minimum absolute atomic E-state index is 0.136. The Labute approximate surface area is 213 Å². The van der Waals surface area contributed by atoms with Crippen LogP contribution in [0.25, 0.3) is 0 Å². The minimum atomic E-state index is -3.99. The number of anilines is 1. The van der Waals surface area contributed by atoms with E-state index in [0.29, 0.717) is 5.69 Å². The Balaban J connectivity index is 1.71. The maximum absolute atomic E-state index is 13.7. The van der Waals surface area contributed by atoms with Gasteiger partial charge in [-0.1, -0.05) is 90.5 Å². The zero-order valence-corrected chi connectivity index (χ0v) is 21.5. The van der Waals surface area contributed by atoms with Crippen LogP contribution in [0, 0.1) is 20.8 Å². The SMILES string of the molecule is Cc1ccc([C@@H](NC(=O)CN(c2cc(C)ccc2C)S(=O)(=O)c2ccccc2)c2ccccc2)cc1. The van der Waals surface area contributed by atoms with Gasteiger partial charge < -0.3 is 5.32 Å². The van der Waals surface area contributed by atoms with Crippen LogP contribution in [0.2, 0.25) is 0 Å². The average molecular weight is 499 g/mol. The lowest BCUT2D eigenvalue weighted by molar-refractivity contribution is -0.120. The van der Waals surface area contributed by atoms with Gasteiger partial charge >= 0.3 is 0 Å². The van der Waals surface area contributed by atoms with Crippen molar-refractivity contribution in [1.82, 2.24) is 5.32 Å². The molecule has 0 fully saturated rings. The van der Waals surface area contributed by atoms with Gasteiger partial charge in [-0.3, -0.25) is 9.10 Å². The Hall–Kier alpha value is -3.90. The summed E-state index contributed by atoms with van der Waals surface area (Å²) >= 11 is 0. The molecule has 0 radical (unpaired) electrons. The molecule has 0 aromatic heterocycles. The average Bonchev–Trinajstić information content (AvgIpc) is 2.89. The second kappa shape index (κ2) is 10.8. The molecule has 0 saturated carbocycles. The van der Waals surface area contributed by atoms with Gasteiger partial charge in [0, 0.05) is 0 Å². The summed E-state index contributed by atoms with van der Waals surface area (Å²) in [5.74, 6) is -0.398. The van der Waals surface area contributed by atoms with Crippen LogP contribution in [0.1, 0.15) is 33.9 Å². The fourth-order valence-electron chi connectivity index (χ4n) is 4.11. The van der Waals surface area contributed by atoms with Crippen LogP contribution >= 0.6 is 0 Å². The van der Waals surface area contributed by atoms with Crippen molar-refractivity contribution in [3.63, 3.8) is 0 Å². The summed E-state index contributed by atoms with van der Waals surface area (Å²) in [6.45, 7) is 5.41. The zero-order valence-electron chi connectivity index (χ0n) is 20.7. The number of carbonyl (C=O) groups is 1. The number of hydrogen-bond acceptors (Lipinski definition) is 3. The molecule has 5 nitrogen and oxygen atoms in total. The number of hydrogen-bond donors (Lipinski definition) is 1. The van der Waals surface area contributed by atoms with Gasteiger partial charge in [0.2, 0.25) is 5.91 Å². The van der Waals surface area contributed by atoms with Gasteiger partial charge in [0.15, 0.2) is 0 Å². The fourth-order valence-corrected chi connectivity index (χ4v) is 5.61. The third-order valence-corrected chi connectivity index (χ3v) is 7.87. The van der Waals surface area contributed by atoms with Crippen LogP contribution in [0.15, 0.2) is 108 Å². The Morgan fingerprint density at radius 1 is 0.750 bits per heavy atom. The highest BCUT2D eigenvalue weighted by atomic mass is 32.2. The van der Waals surface area contributed by atoms with Crippen LogP contribution in [0.5, 0.6) is 0 Å². The van der Waals surface area contributed by atoms with Crippen molar-refractivity contribution in [3.8, 4) is 0 Å². The summed E-state index contributed by atoms with van der Waals surface area (Å²) in [6, 6.07) is 31.0. The van der Waals surface area contributed by atoms with Gasteiger partial charge in [0.25, 0.3) is 10.0 Å². The molecule has 0 aliphatic carbocycles. The van der Waals surface area contributed by atoms with Crippen molar-refractivity contribution in [2.24, 2.45) is 0 Å². The highest BCUT2D eigenvalue weighted by Crippen LogP contribution is 2.28. The molecule has 0 heterocycles. The number of rotatable bonds is 8. The van der Waals surface area contributed by atoms with E-state index in [0.717, 1.165) is 27.8 Å². The van der Waals surface area contributed by atoms with E-state index >= 15 is 0 Å². The first kappa shape index (κ1) is 25.2. The molecule has 0 unspecified atom stereocenters. The first-order valence-corrected chi connectivity index (χ1v) is 13.3. The summed E-state index contributed by atoms with van der Waals surface area (Å²) < 4.78 is 28.7. The normalized spacial score (nSPS) is 12.1. The van der Waals surface area contributed by atoms with E-state index in [1.165, 1.54) is 4.31 Å². The van der Waals surface area contributed by atoms with Crippen molar-refractivity contribution in [3.05, 3.63) is 131 Å². The van der Waals surface area contributed by atoms with Crippen molar-refractivity contribution >= 4 is 21.6 Å². The molecular weight excluding hydrogens is 468 g/mol. The molecule has 0 bridgehead atoms. The number of nitrogens with one attached hydrogen (secondary N) is 1. The van der Waals surface area contributed by atoms with Gasteiger partial charge in [-0.2, -0.15) is 0 Å². The number of nitrogens with zero attached hydrogens (tertiary/aromatic N) is 1. The molecule has 1 N–H and O–H groups in total. The third-order valence-electron chi connectivity index (χ3n) is 6.10. The third kappa shape index (κ3) is 5.66. The first-order valence-electron chi connectivity index (χ1n) is 11.8. The first-order chi connectivity index (χ1) is 17.3. The predicted molar refractivity (Wildman–Crippen MR) is 144 cm³/mol. The molecule has 1 atom stereocenters. The molecule has 4 rings (SSSR count). The molecular formula is C30H30N2O3S. The molecule has 4 aromatic carbocycles. The Bertz CT molecular complexity index is 1440. The van der Waals surface area contributed by atoms with Crippen LogP contribution in [0.3, 0.4) is 0 Å². The zero-order chi connectivity index (χ0) is 25.7. The lowest BCUT2D eigenvalue weighted by Crippen LogP contribution is -2.42. The van der Waals surface area contributed by atoms with Crippen LogP contribution in [-0.4, -0.2) is 20.9 Å². The summed E-state index contributed by atoms with van der Waals surface area (Å²) in [6.07, 6.45) is 0. The van der Waals surface area contributed by atoms with Gasteiger partial charge in [-0.25, -0.2) is 8.42 Å². The molecule has 0 spiro atoms. The van der Waals surface area contributed by atoms with Gasteiger partial charge in [0.1, 0.15) is 6.54 Å². The van der Waals surface area contributed by atoms with Gasteiger partial charge in [0.05, 0.1) is 16.6 Å². The Morgan fingerprint density at radius 3 is 1.94 bits per heavy atom. The number of amides is 1. The maximum Gasteiger partial charge on any atom is 0.264 e. The standard InChI is InChI=1S/C30H30N2O3S/c1-22-15-18-26(19-16-22)30(25-10-6-4-7-11-25)31-29(33)21-32(28-20-23(2)14-17-24(28)3)36(34,35)27-12-8-5-9-13-27/h4-20,30H,21H2,1-3H3,(H,31,33)/t30-/m0/s1. The van der Waals surface area contributed by atoms with Crippen LogP contribution in [0.4, 0.5) is 5.69 Å². The highest BCUT2D eigenvalue weighted by molar-refractivity contribution is 7.92. The fraction of sp³-hybridized carbons (Fsp3) is 0.167. The molecule has 6 heteroatoms. The lowest BCUT2D eigenvalue weighted by atomic mass is 9.98. The number of sulfonamides is 1. The van der Waals surface area contributed by atoms with Crippen molar-refractivity contribution in [1.29, 1.82) is 0 Å².